The molecule has 0 unspecified atom stereocenters. The average molecular weight is 422 g/mol. The summed E-state index contributed by atoms with van der Waals surface area (Å²) >= 11 is 0. The summed E-state index contributed by atoms with van der Waals surface area (Å²) in [4.78, 5) is 23.8. The molecular weight excluding hydrogens is 398 g/mol. The lowest BCUT2D eigenvalue weighted by Gasteiger charge is -2.11. The van der Waals surface area contributed by atoms with Crippen molar-refractivity contribution in [1.82, 2.24) is 15.4 Å². The fraction of sp³-hybridized carbons (Fsp3) is 0.0769. The first-order chi connectivity index (χ1) is 15.6. The molecule has 0 aliphatic rings. The Morgan fingerprint density at radius 2 is 1.34 bits per heavy atom. The van der Waals surface area contributed by atoms with E-state index in [4.69, 9.17) is 0 Å². The molecule has 0 atom stereocenters. The van der Waals surface area contributed by atoms with Crippen LogP contribution < -0.4 is 10.3 Å². The van der Waals surface area contributed by atoms with Crippen LogP contribution in [0, 0.1) is 0 Å². The lowest BCUT2D eigenvalue weighted by molar-refractivity contribution is 0.0945. The Morgan fingerprint density at radius 3 is 1.84 bits per heavy atom. The number of carbonyl (C=O) groups is 1. The van der Waals surface area contributed by atoms with Crippen LogP contribution in [0.4, 0.5) is 5.69 Å². The molecule has 158 valence electrons. The van der Waals surface area contributed by atoms with E-state index in [-0.39, 0.29) is 5.82 Å². The normalized spacial score (nSPS) is 10.8. The number of nitrogens with zero attached hydrogens (tertiary/aromatic N) is 4. The summed E-state index contributed by atoms with van der Waals surface area (Å²) < 4.78 is 0. The number of hydrogen-bond donors (Lipinski definition) is 1. The third kappa shape index (κ3) is 5.05. The van der Waals surface area contributed by atoms with Gasteiger partial charge in [0.15, 0.2) is 0 Å². The predicted octanol–water partition coefficient (Wildman–Crippen LogP) is 4.64. The maximum Gasteiger partial charge on any atom is 0.309 e. The smallest absolute Gasteiger partial charge is 0.309 e. The van der Waals surface area contributed by atoms with E-state index in [0.29, 0.717) is 11.4 Å². The second kappa shape index (κ2) is 9.66. The molecular formula is C26H23N5O. The SMILES string of the molecule is CN(C)c1ccc(C=NNC(=O)c2nc(-c3ccccc3)cc(-c3ccccc3)n2)cc1. The standard InChI is InChI=1S/C26H23N5O/c1-31(2)22-15-13-19(14-16-22)18-27-30-26(32)25-28-23(20-9-5-3-6-10-20)17-24(29-25)21-11-7-4-8-12-21/h3-18H,1-2H3,(H,30,32). The van der Waals surface area contributed by atoms with Crippen LogP contribution in [0.25, 0.3) is 22.5 Å². The highest BCUT2D eigenvalue weighted by Gasteiger charge is 2.14. The molecule has 0 aliphatic carbocycles. The zero-order valence-corrected chi connectivity index (χ0v) is 17.9. The second-order valence-corrected chi connectivity index (χ2v) is 7.38. The lowest BCUT2D eigenvalue weighted by atomic mass is 10.1. The Bertz CT molecular complexity index is 1160. The summed E-state index contributed by atoms with van der Waals surface area (Å²) in [5.74, 6) is -0.411. The van der Waals surface area contributed by atoms with Gasteiger partial charge in [-0.05, 0) is 23.8 Å². The van der Waals surface area contributed by atoms with Crippen molar-refractivity contribution >= 4 is 17.8 Å². The molecule has 1 amide bonds. The maximum absolute atomic E-state index is 12.8. The first-order valence-corrected chi connectivity index (χ1v) is 10.2. The van der Waals surface area contributed by atoms with Gasteiger partial charge < -0.3 is 4.90 Å². The molecule has 0 bridgehead atoms. The molecule has 4 rings (SSSR count). The van der Waals surface area contributed by atoms with Gasteiger partial charge in [-0.15, -0.1) is 0 Å². The molecule has 0 radical (unpaired) electrons. The van der Waals surface area contributed by atoms with E-state index in [2.05, 4.69) is 20.5 Å². The molecule has 1 heterocycles. The zero-order valence-electron chi connectivity index (χ0n) is 17.9. The van der Waals surface area contributed by atoms with Crippen molar-refractivity contribution in [3.63, 3.8) is 0 Å². The molecule has 0 aliphatic heterocycles. The number of rotatable bonds is 6. The molecule has 1 aromatic heterocycles. The van der Waals surface area contributed by atoms with Gasteiger partial charge in [0.05, 0.1) is 17.6 Å². The summed E-state index contributed by atoms with van der Waals surface area (Å²) in [6, 6.07) is 29.2. The van der Waals surface area contributed by atoms with E-state index < -0.39 is 5.91 Å². The molecule has 0 saturated heterocycles. The monoisotopic (exact) mass is 421 g/mol. The highest BCUT2D eigenvalue weighted by Crippen LogP contribution is 2.23. The number of benzene rings is 3. The fourth-order valence-electron chi connectivity index (χ4n) is 3.14. The number of hydrogen-bond acceptors (Lipinski definition) is 5. The van der Waals surface area contributed by atoms with Crippen LogP contribution in [-0.2, 0) is 0 Å². The van der Waals surface area contributed by atoms with E-state index in [1.54, 1.807) is 6.21 Å². The highest BCUT2D eigenvalue weighted by molar-refractivity contribution is 5.92. The van der Waals surface area contributed by atoms with Crippen LogP contribution >= 0.6 is 0 Å². The van der Waals surface area contributed by atoms with Crippen molar-refractivity contribution in [1.29, 1.82) is 0 Å². The molecule has 0 fully saturated rings. The van der Waals surface area contributed by atoms with Gasteiger partial charge in [0.25, 0.3) is 0 Å². The molecule has 0 saturated carbocycles. The van der Waals surface area contributed by atoms with Gasteiger partial charge in [0.2, 0.25) is 5.82 Å². The van der Waals surface area contributed by atoms with Crippen molar-refractivity contribution in [2.75, 3.05) is 19.0 Å². The molecule has 6 nitrogen and oxygen atoms in total. The minimum atomic E-state index is -0.471. The Hall–Kier alpha value is -4.32. The number of hydrazone groups is 1. The number of carbonyl (C=O) groups excluding carboxylic acids is 1. The predicted molar refractivity (Wildman–Crippen MR) is 129 cm³/mol. The number of aromatic nitrogens is 2. The quantitative estimate of drug-likeness (QED) is 0.364. The Kier molecular flexibility index (Phi) is 6.32. The fourth-order valence-corrected chi connectivity index (χ4v) is 3.14. The molecule has 4 aromatic rings. The van der Waals surface area contributed by atoms with Crippen LogP contribution in [0.15, 0.2) is 96.1 Å². The summed E-state index contributed by atoms with van der Waals surface area (Å²) in [6.07, 6.45) is 1.59. The Labute approximate surface area is 187 Å². The average Bonchev–Trinajstić information content (AvgIpc) is 2.85. The van der Waals surface area contributed by atoms with Crippen LogP contribution in [0.2, 0.25) is 0 Å². The number of anilines is 1. The van der Waals surface area contributed by atoms with Gasteiger partial charge in [0, 0.05) is 30.9 Å². The van der Waals surface area contributed by atoms with Gasteiger partial charge >= 0.3 is 5.91 Å². The lowest BCUT2D eigenvalue weighted by Crippen LogP contribution is -2.21. The van der Waals surface area contributed by atoms with E-state index in [1.165, 1.54) is 0 Å². The minimum Gasteiger partial charge on any atom is -0.378 e. The van der Waals surface area contributed by atoms with E-state index in [1.807, 2.05) is 110 Å². The molecule has 1 N–H and O–H groups in total. The minimum absolute atomic E-state index is 0.0605. The number of amides is 1. The Balaban J connectivity index is 1.59. The van der Waals surface area contributed by atoms with Crippen molar-refractivity contribution in [2.45, 2.75) is 0 Å². The number of nitrogens with one attached hydrogen (secondary N) is 1. The van der Waals surface area contributed by atoms with Crippen molar-refractivity contribution in [3.8, 4) is 22.5 Å². The van der Waals surface area contributed by atoms with Crippen molar-refractivity contribution in [3.05, 3.63) is 102 Å². The third-order valence-electron chi connectivity index (χ3n) is 4.86. The van der Waals surface area contributed by atoms with Crippen LogP contribution in [0.1, 0.15) is 16.2 Å². The molecule has 3 aromatic carbocycles. The zero-order chi connectivity index (χ0) is 22.3. The molecule has 0 spiro atoms. The first-order valence-electron chi connectivity index (χ1n) is 10.2. The summed E-state index contributed by atoms with van der Waals surface area (Å²) in [5, 5.41) is 4.08. The van der Waals surface area contributed by atoms with Crippen LogP contribution in [-0.4, -0.2) is 36.2 Å². The van der Waals surface area contributed by atoms with Gasteiger partial charge in [-0.3, -0.25) is 4.79 Å². The van der Waals surface area contributed by atoms with Gasteiger partial charge in [0.1, 0.15) is 0 Å². The summed E-state index contributed by atoms with van der Waals surface area (Å²) in [7, 11) is 3.97. The maximum atomic E-state index is 12.8. The third-order valence-corrected chi connectivity index (χ3v) is 4.86. The van der Waals surface area contributed by atoms with Gasteiger partial charge in [-0.1, -0.05) is 72.8 Å². The van der Waals surface area contributed by atoms with E-state index >= 15 is 0 Å². The first kappa shape index (κ1) is 20.9. The second-order valence-electron chi connectivity index (χ2n) is 7.38. The topological polar surface area (TPSA) is 70.5 Å². The highest BCUT2D eigenvalue weighted by atomic mass is 16.2. The van der Waals surface area contributed by atoms with E-state index in [9.17, 15) is 4.79 Å². The van der Waals surface area contributed by atoms with Crippen LogP contribution in [0.3, 0.4) is 0 Å². The molecule has 6 heteroatoms. The van der Waals surface area contributed by atoms with Gasteiger partial charge in [-0.25, -0.2) is 15.4 Å². The van der Waals surface area contributed by atoms with E-state index in [0.717, 1.165) is 22.4 Å². The van der Waals surface area contributed by atoms with Crippen molar-refractivity contribution < 1.29 is 4.79 Å². The largest absolute Gasteiger partial charge is 0.378 e. The molecule has 32 heavy (non-hydrogen) atoms. The Morgan fingerprint density at radius 1 is 0.812 bits per heavy atom. The summed E-state index contributed by atoms with van der Waals surface area (Å²) in [5.41, 5.74) is 7.66. The van der Waals surface area contributed by atoms with Crippen LogP contribution in [0.5, 0.6) is 0 Å². The summed E-state index contributed by atoms with van der Waals surface area (Å²) in [6.45, 7) is 0. The van der Waals surface area contributed by atoms with Crippen molar-refractivity contribution in [2.24, 2.45) is 5.10 Å². The van der Waals surface area contributed by atoms with Gasteiger partial charge in [-0.2, -0.15) is 5.10 Å².